The minimum Gasteiger partial charge on any atom is -0.312 e. The Balaban J connectivity index is 1.96. The zero-order valence-corrected chi connectivity index (χ0v) is 15.6. The smallest absolute Gasteiger partial charge is 0.107 e. The Bertz CT molecular complexity index is 431. The van der Waals surface area contributed by atoms with Crippen LogP contribution in [0.5, 0.6) is 0 Å². The molecule has 5 heteroatoms. The summed E-state index contributed by atoms with van der Waals surface area (Å²) in [5, 5.41) is 6.95. The van der Waals surface area contributed by atoms with E-state index in [1.54, 1.807) is 0 Å². The monoisotopic (exact) mass is 330 g/mol. The number of hydrogen-bond donors (Lipinski definition) is 1. The fraction of sp³-hybridized carbons (Fsp3) is 0.800. The van der Waals surface area contributed by atoms with E-state index in [4.69, 9.17) is 4.98 Å². The highest BCUT2D eigenvalue weighted by Gasteiger charge is 2.29. The first-order valence-electron chi connectivity index (χ1n) is 7.41. The molecule has 2 rings (SSSR count). The van der Waals surface area contributed by atoms with E-state index in [9.17, 15) is 0 Å². The summed E-state index contributed by atoms with van der Waals surface area (Å²) in [5.41, 5.74) is 1.22. The number of thiazole rings is 1. The summed E-state index contributed by atoms with van der Waals surface area (Å²) in [4.78, 5) is 6.25. The SMILES string of the molecule is Cc1nc(C2CSC(C)C(C)S2)sc1CNCC(C)C. The summed E-state index contributed by atoms with van der Waals surface area (Å²) in [7, 11) is 0. The van der Waals surface area contributed by atoms with Crippen LogP contribution in [-0.2, 0) is 6.54 Å². The average Bonchev–Trinajstić information content (AvgIpc) is 2.74. The molecule has 1 aliphatic heterocycles. The molecule has 1 aliphatic rings. The molecule has 1 N–H and O–H groups in total. The highest BCUT2D eigenvalue weighted by Crippen LogP contribution is 2.45. The Morgan fingerprint density at radius 2 is 2.05 bits per heavy atom. The number of thioether (sulfide) groups is 2. The molecule has 2 heterocycles. The third kappa shape index (κ3) is 4.39. The predicted octanol–water partition coefficient (Wildman–Crippen LogP) is 4.50. The second-order valence-electron chi connectivity index (χ2n) is 5.95. The van der Waals surface area contributed by atoms with Crippen molar-refractivity contribution in [3.63, 3.8) is 0 Å². The molecular formula is C15H26N2S3. The normalized spacial score (nSPS) is 27.2. The lowest BCUT2D eigenvalue weighted by Gasteiger charge is -2.30. The summed E-state index contributed by atoms with van der Waals surface area (Å²) in [5.74, 6) is 1.91. The molecule has 0 radical (unpaired) electrons. The highest BCUT2D eigenvalue weighted by molar-refractivity contribution is 8.07. The van der Waals surface area contributed by atoms with Gasteiger partial charge in [-0.15, -0.1) is 23.1 Å². The molecule has 0 bridgehead atoms. The Hall–Kier alpha value is 0.290. The second kappa shape index (κ2) is 7.52. The van der Waals surface area contributed by atoms with E-state index in [0.29, 0.717) is 11.2 Å². The van der Waals surface area contributed by atoms with Gasteiger partial charge in [0.25, 0.3) is 0 Å². The minimum absolute atomic E-state index is 0.591. The molecule has 1 saturated heterocycles. The second-order valence-corrected chi connectivity index (χ2v) is 10.1. The molecule has 0 spiro atoms. The summed E-state index contributed by atoms with van der Waals surface area (Å²) >= 11 is 6.11. The van der Waals surface area contributed by atoms with Gasteiger partial charge in [-0.3, -0.25) is 0 Å². The molecule has 1 aromatic rings. The fourth-order valence-electron chi connectivity index (χ4n) is 2.14. The molecule has 0 saturated carbocycles. The number of rotatable bonds is 5. The van der Waals surface area contributed by atoms with Crippen molar-refractivity contribution in [1.29, 1.82) is 0 Å². The lowest BCUT2D eigenvalue weighted by Crippen LogP contribution is -2.21. The maximum Gasteiger partial charge on any atom is 0.107 e. The zero-order valence-electron chi connectivity index (χ0n) is 13.1. The van der Waals surface area contributed by atoms with Crippen molar-refractivity contribution < 1.29 is 0 Å². The number of aryl methyl sites for hydroxylation is 1. The standard InChI is InChI=1S/C15H26N2S3/c1-9(2)6-16-7-13-10(3)17-15(20-13)14-8-18-11(4)12(5)19-14/h9,11-12,14,16H,6-8H2,1-5H3. The van der Waals surface area contributed by atoms with Crippen LogP contribution in [0.25, 0.3) is 0 Å². The van der Waals surface area contributed by atoms with E-state index in [-0.39, 0.29) is 0 Å². The number of aromatic nitrogens is 1. The zero-order chi connectivity index (χ0) is 14.7. The summed E-state index contributed by atoms with van der Waals surface area (Å²) < 4.78 is 0. The molecule has 3 atom stereocenters. The predicted molar refractivity (Wildman–Crippen MR) is 95.1 cm³/mol. The number of nitrogens with one attached hydrogen (secondary N) is 1. The molecule has 2 nitrogen and oxygen atoms in total. The van der Waals surface area contributed by atoms with Crippen molar-refractivity contribution >= 4 is 34.9 Å². The van der Waals surface area contributed by atoms with Crippen LogP contribution >= 0.6 is 34.9 Å². The topological polar surface area (TPSA) is 24.9 Å². The Morgan fingerprint density at radius 1 is 1.30 bits per heavy atom. The summed E-state index contributed by atoms with van der Waals surface area (Å²) in [6.45, 7) is 13.4. The van der Waals surface area contributed by atoms with E-state index in [1.807, 2.05) is 11.3 Å². The van der Waals surface area contributed by atoms with Gasteiger partial charge >= 0.3 is 0 Å². The van der Waals surface area contributed by atoms with E-state index in [1.165, 1.54) is 21.3 Å². The van der Waals surface area contributed by atoms with Crippen molar-refractivity contribution in [2.45, 2.75) is 56.9 Å². The van der Waals surface area contributed by atoms with Gasteiger partial charge < -0.3 is 5.32 Å². The van der Waals surface area contributed by atoms with Crippen LogP contribution in [0.1, 0.15) is 48.5 Å². The Kier molecular flexibility index (Phi) is 6.26. The molecule has 0 amide bonds. The lowest BCUT2D eigenvalue weighted by atomic mass is 10.2. The summed E-state index contributed by atoms with van der Waals surface area (Å²) in [6, 6.07) is 0. The van der Waals surface area contributed by atoms with Crippen molar-refractivity contribution in [1.82, 2.24) is 10.3 Å². The fourth-order valence-corrected chi connectivity index (χ4v) is 6.37. The van der Waals surface area contributed by atoms with Gasteiger partial charge in [-0.05, 0) is 19.4 Å². The van der Waals surface area contributed by atoms with Crippen LogP contribution < -0.4 is 5.32 Å². The first-order chi connectivity index (χ1) is 9.47. The quantitative estimate of drug-likeness (QED) is 0.859. The van der Waals surface area contributed by atoms with Gasteiger partial charge in [0, 0.05) is 27.7 Å². The Labute approximate surface area is 135 Å². The van der Waals surface area contributed by atoms with Gasteiger partial charge in [0.15, 0.2) is 0 Å². The van der Waals surface area contributed by atoms with Crippen molar-refractivity contribution in [2.75, 3.05) is 12.3 Å². The van der Waals surface area contributed by atoms with Crippen molar-refractivity contribution in [2.24, 2.45) is 5.92 Å². The van der Waals surface area contributed by atoms with Crippen molar-refractivity contribution in [3.05, 3.63) is 15.6 Å². The van der Waals surface area contributed by atoms with Crippen LogP contribution in [-0.4, -0.2) is 27.8 Å². The van der Waals surface area contributed by atoms with Crippen LogP contribution in [0.3, 0.4) is 0 Å². The van der Waals surface area contributed by atoms with Gasteiger partial charge in [0.05, 0.1) is 10.9 Å². The van der Waals surface area contributed by atoms with Gasteiger partial charge in [-0.1, -0.05) is 27.7 Å². The highest BCUT2D eigenvalue weighted by atomic mass is 32.2. The van der Waals surface area contributed by atoms with Crippen LogP contribution in [0.2, 0.25) is 0 Å². The molecule has 1 fully saturated rings. The molecule has 1 aromatic heterocycles. The maximum absolute atomic E-state index is 4.84. The minimum atomic E-state index is 0.591. The van der Waals surface area contributed by atoms with Gasteiger partial charge in [-0.2, -0.15) is 11.8 Å². The molecule has 0 aromatic carbocycles. The number of nitrogens with zero attached hydrogens (tertiary/aromatic N) is 1. The molecule has 3 unspecified atom stereocenters. The van der Waals surface area contributed by atoms with Gasteiger partial charge in [0.1, 0.15) is 5.01 Å². The van der Waals surface area contributed by atoms with Gasteiger partial charge in [0.2, 0.25) is 0 Å². The first-order valence-corrected chi connectivity index (χ1v) is 10.2. The van der Waals surface area contributed by atoms with Crippen LogP contribution in [0.4, 0.5) is 0 Å². The number of hydrogen-bond acceptors (Lipinski definition) is 5. The molecule has 114 valence electrons. The third-order valence-corrected chi connectivity index (χ3v) is 8.39. The van der Waals surface area contributed by atoms with Crippen LogP contribution in [0.15, 0.2) is 0 Å². The largest absolute Gasteiger partial charge is 0.312 e. The molecule has 20 heavy (non-hydrogen) atoms. The molecular weight excluding hydrogens is 304 g/mol. The molecule has 0 aliphatic carbocycles. The van der Waals surface area contributed by atoms with Crippen LogP contribution in [0, 0.1) is 12.8 Å². The van der Waals surface area contributed by atoms with E-state index >= 15 is 0 Å². The average molecular weight is 331 g/mol. The first kappa shape index (κ1) is 16.7. The van der Waals surface area contributed by atoms with Crippen molar-refractivity contribution in [3.8, 4) is 0 Å². The Morgan fingerprint density at radius 3 is 2.70 bits per heavy atom. The van der Waals surface area contributed by atoms with E-state index in [2.05, 4.69) is 63.5 Å². The van der Waals surface area contributed by atoms with E-state index in [0.717, 1.165) is 23.6 Å². The lowest BCUT2D eigenvalue weighted by molar-refractivity contribution is 0.554. The maximum atomic E-state index is 4.84. The van der Waals surface area contributed by atoms with E-state index < -0.39 is 0 Å². The summed E-state index contributed by atoms with van der Waals surface area (Å²) in [6.07, 6.45) is 0. The van der Waals surface area contributed by atoms with Gasteiger partial charge in [-0.25, -0.2) is 4.98 Å². The third-order valence-electron chi connectivity index (χ3n) is 3.57.